The fraction of sp³-hybridized carbons (Fsp3) is 0.500. The maximum absolute atomic E-state index is 9.96. The lowest BCUT2D eigenvalue weighted by molar-refractivity contribution is 1.40. The Balaban J connectivity index is 0.000000222. The second kappa shape index (κ2) is 4.52. The normalized spacial score (nSPS) is 7.25. The molecule has 0 unspecified atom stereocenters. The van der Waals surface area contributed by atoms with Crippen LogP contribution in [0.1, 0.15) is 13.8 Å². The van der Waals surface area contributed by atoms with Crippen molar-refractivity contribution in [3.05, 3.63) is 16.6 Å². The summed E-state index contributed by atoms with van der Waals surface area (Å²) in [6, 6.07) is 0. The number of aromatic nitrogens is 2. The number of nitrogens with one attached hydrogen (secondary N) is 1. The Hall–Kier alpha value is -0.640. The van der Waals surface area contributed by atoms with E-state index in [0.29, 0.717) is 0 Å². The van der Waals surface area contributed by atoms with Crippen molar-refractivity contribution in [3.63, 3.8) is 0 Å². The molecule has 1 heterocycles. The van der Waals surface area contributed by atoms with Crippen LogP contribution in [-0.2, 0) is 0 Å². The van der Waals surface area contributed by atoms with Crippen LogP contribution in [0.5, 0.6) is 0 Å². The third kappa shape index (κ3) is 2.52. The van der Waals surface area contributed by atoms with Crippen LogP contribution in [0.3, 0.4) is 0 Å². The average molecular weight is 132 g/mol. The van der Waals surface area contributed by atoms with Crippen molar-refractivity contribution < 1.29 is 0 Å². The maximum atomic E-state index is 9.96. The lowest BCUT2D eigenvalue weighted by atomic mass is 10.9. The van der Waals surface area contributed by atoms with Crippen LogP contribution in [0.15, 0.2) is 11.0 Å². The van der Waals surface area contributed by atoms with Gasteiger partial charge in [0.1, 0.15) is 6.20 Å². The summed E-state index contributed by atoms with van der Waals surface area (Å²) in [4.78, 5) is 9.96. The molecule has 0 aromatic carbocycles. The summed E-state index contributed by atoms with van der Waals surface area (Å²) in [5.74, 6) is 0. The first kappa shape index (κ1) is 7.36. The van der Waals surface area contributed by atoms with E-state index in [1.165, 1.54) is 6.20 Å². The minimum Gasteiger partial charge on any atom is -0.267 e. The summed E-state index contributed by atoms with van der Waals surface area (Å²) in [5, 5.41) is 0. The van der Waals surface area contributed by atoms with Gasteiger partial charge < -0.3 is 0 Å². The number of hydrogen-bond donors (Lipinski definition) is 1. The highest BCUT2D eigenvalue weighted by Crippen LogP contribution is 1.66. The van der Waals surface area contributed by atoms with Crippen molar-refractivity contribution in [1.82, 2.24) is 8.75 Å². The molecule has 0 saturated heterocycles. The molecule has 0 aliphatic heterocycles. The molecule has 46 valence electrons. The van der Waals surface area contributed by atoms with Crippen LogP contribution >= 0.6 is 11.7 Å². The van der Waals surface area contributed by atoms with Crippen LogP contribution < -0.4 is 5.56 Å². The molecule has 0 bridgehead atoms. The van der Waals surface area contributed by atoms with Crippen molar-refractivity contribution in [3.8, 4) is 0 Å². The van der Waals surface area contributed by atoms with Gasteiger partial charge in [-0.2, -0.15) is 4.37 Å². The first-order chi connectivity index (χ1) is 3.89. The van der Waals surface area contributed by atoms with Gasteiger partial charge in [0.15, 0.2) is 0 Å². The zero-order valence-electron chi connectivity index (χ0n) is 4.84. The Labute approximate surface area is 51.7 Å². The van der Waals surface area contributed by atoms with Crippen LogP contribution in [0, 0.1) is 0 Å². The Bertz CT molecular complexity index is 152. The molecule has 1 aromatic rings. The second-order valence-corrected chi connectivity index (χ2v) is 1.39. The van der Waals surface area contributed by atoms with Crippen LogP contribution in [0.4, 0.5) is 0 Å². The maximum Gasteiger partial charge on any atom is 0.277 e. The highest BCUT2D eigenvalue weighted by atomic mass is 32.1. The van der Waals surface area contributed by atoms with E-state index < -0.39 is 0 Å². The molecular formula is C4H8N2OS. The number of aromatic amines is 1. The van der Waals surface area contributed by atoms with Gasteiger partial charge in [-0.05, 0) is 0 Å². The molecule has 0 aliphatic carbocycles. The summed E-state index contributed by atoms with van der Waals surface area (Å²) < 4.78 is 5.87. The van der Waals surface area contributed by atoms with Crippen LogP contribution in [0.2, 0.25) is 0 Å². The molecule has 0 saturated carbocycles. The summed E-state index contributed by atoms with van der Waals surface area (Å²) >= 11 is 1.05. The summed E-state index contributed by atoms with van der Waals surface area (Å²) in [6.45, 7) is 4.00. The Morgan fingerprint density at radius 2 is 2.38 bits per heavy atom. The third-order valence-electron chi connectivity index (χ3n) is 0.369. The smallest absolute Gasteiger partial charge is 0.267 e. The Morgan fingerprint density at radius 3 is 2.50 bits per heavy atom. The molecule has 0 radical (unpaired) electrons. The van der Waals surface area contributed by atoms with Gasteiger partial charge in [-0.1, -0.05) is 13.8 Å². The summed E-state index contributed by atoms with van der Waals surface area (Å²) in [6.07, 6.45) is 1.24. The highest BCUT2D eigenvalue weighted by molar-refractivity contribution is 6.98. The zero-order valence-corrected chi connectivity index (χ0v) is 5.66. The molecule has 0 atom stereocenters. The quantitative estimate of drug-likeness (QED) is 0.569. The molecule has 0 amide bonds. The van der Waals surface area contributed by atoms with Gasteiger partial charge >= 0.3 is 0 Å². The molecule has 3 nitrogen and oxygen atoms in total. The van der Waals surface area contributed by atoms with Crippen LogP contribution in [0.25, 0.3) is 0 Å². The predicted molar refractivity (Wildman–Crippen MR) is 34.1 cm³/mol. The van der Waals surface area contributed by atoms with Gasteiger partial charge in [0, 0.05) is 11.7 Å². The number of hydrogen-bond acceptors (Lipinski definition) is 3. The number of H-pyrrole nitrogens is 1. The molecule has 1 aromatic heterocycles. The molecular weight excluding hydrogens is 124 g/mol. The van der Waals surface area contributed by atoms with Crippen LogP contribution in [-0.4, -0.2) is 8.75 Å². The second-order valence-electron chi connectivity index (χ2n) is 0.792. The minimum atomic E-state index is -0.125. The highest BCUT2D eigenvalue weighted by Gasteiger charge is 1.73. The van der Waals surface area contributed by atoms with Gasteiger partial charge in [0.05, 0.1) is 0 Å². The van der Waals surface area contributed by atoms with Gasteiger partial charge in [-0.3, -0.25) is 9.17 Å². The lowest BCUT2D eigenvalue weighted by Crippen LogP contribution is -1.91. The zero-order chi connectivity index (χ0) is 6.41. The van der Waals surface area contributed by atoms with E-state index in [2.05, 4.69) is 8.75 Å². The van der Waals surface area contributed by atoms with Crippen molar-refractivity contribution in [2.75, 3.05) is 0 Å². The van der Waals surface area contributed by atoms with Crippen molar-refractivity contribution in [1.29, 1.82) is 0 Å². The van der Waals surface area contributed by atoms with E-state index in [-0.39, 0.29) is 5.56 Å². The van der Waals surface area contributed by atoms with E-state index in [4.69, 9.17) is 0 Å². The first-order valence-electron chi connectivity index (χ1n) is 2.39. The van der Waals surface area contributed by atoms with E-state index in [0.717, 1.165) is 11.7 Å². The fourth-order valence-electron chi connectivity index (χ4n) is 0.172. The van der Waals surface area contributed by atoms with E-state index in [1.807, 2.05) is 13.8 Å². The monoisotopic (exact) mass is 132 g/mol. The topological polar surface area (TPSA) is 45.8 Å². The van der Waals surface area contributed by atoms with Crippen molar-refractivity contribution >= 4 is 11.7 Å². The molecule has 1 N–H and O–H groups in total. The molecule has 0 aliphatic rings. The minimum absolute atomic E-state index is 0.125. The summed E-state index contributed by atoms with van der Waals surface area (Å²) in [7, 11) is 0. The molecule has 1 rings (SSSR count). The average Bonchev–Trinajstić information content (AvgIpc) is 2.24. The molecule has 8 heavy (non-hydrogen) atoms. The van der Waals surface area contributed by atoms with E-state index in [9.17, 15) is 4.79 Å². The number of nitrogens with zero attached hydrogens (tertiary/aromatic N) is 1. The molecule has 0 fully saturated rings. The van der Waals surface area contributed by atoms with Crippen molar-refractivity contribution in [2.24, 2.45) is 0 Å². The lowest BCUT2D eigenvalue weighted by Gasteiger charge is -1.46. The predicted octanol–water partition coefficient (Wildman–Crippen LogP) is 0.858. The van der Waals surface area contributed by atoms with Gasteiger partial charge in [0.25, 0.3) is 5.56 Å². The largest absolute Gasteiger partial charge is 0.277 e. The SMILES string of the molecule is CC.O=c1cns[nH]1. The van der Waals surface area contributed by atoms with Gasteiger partial charge in [0.2, 0.25) is 0 Å². The Morgan fingerprint density at radius 1 is 1.75 bits per heavy atom. The van der Waals surface area contributed by atoms with Gasteiger partial charge in [-0.25, -0.2) is 0 Å². The van der Waals surface area contributed by atoms with E-state index in [1.54, 1.807) is 0 Å². The molecule has 4 heteroatoms. The Kier molecular flexibility index (Phi) is 4.16. The van der Waals surface area contributed by atoms with Gasteiger partial charge in [-0.15, -0.1) is 0 Å². The molecule has 0 spiro atoms. The van der Waals surface area contributed by atoms with Crippen molar-refractivity contribution in [2.45, 2.75) is 13.8 Å². The fourth-order valence-corrected chi connectivity index (χ4v) is 0.516. The number of rotatable bonds is 0. The summed E-state index contributed by atoms with van der Waals surface area (Å²) in [5.41, 5.74) is -0.125. The van der Waals surface area contributed by atoms with E-state index >= 15 is 0 Å². The third-order valence-corrected chi connectivity index (χ3v) is 0.872. The first-order valence-corrected chi connectivity index (χ1v) is 3.16. The standard InChI is InChI=1S/C2H2N2OS.C2H6/c5-2-1-3-6-4-2;1-2/h1H,(H,4,5);1-2H3.